The number of rotatable bonds is 6. The lowest BCUT2D eigenvalue weighted by atomic mass is 9.95. The molecule has 2 rings (SSSR count). The Morgan fingerprint density at radius 2 is 2.32 bits per heavy atom. The topological polar surface area (TPSA) is 80.0 Å². The standard InChI is InChI=1S/C17H25ClN4O2.HI/c1-20-17(22-8-3-4-13(12-22)10-16(19)23)21-7-9-24-15-6-2-5-14(18)11-15;/h2,5-6,11,13H,3-4,7-10,12H2,1H3,(H2,19,23)(H,20,21);1H. The third-order valence-corrected chi connectivity index (χ3v) is 4.21. The van der Waals surface area contributed by atoms with E-state index in [1.54, 1.807) is 13.1 Å². The number of ether oxygens (including phenoxy) is 1. The van der Waals surface area contributed by atoms with Crippen LogP contribution in [0, 0.1) is 5.92 Å². The van der Waals surface area contributed by atoms with E-state index in [4.69, 9.17) is 22.1 Å². The van der Waals surface area contributed by atoms with Crippen LogP contribution in [0.15, 0.2) is 29.3 Å². The van der Waals surface area contributed by atoms with Crippen LogP contribution in [0.1, 0.15) is 19.3 Å². The minimum Gasteiger partial charge on any atom is -0.492 e. The molecule has 3 N–H and O–H groups in total. The van der Waals surface area contributed by atoms with Crippen LogP contribution < -0.4 is 15.8 Å². The lowest BCUT2D eigenvalue weighted by Gasteiger charge is -2.34. The van der Waals surface area contributed by atoms with Gasteiger partial charge >= 0.3 is 0 Å². The minimum absolute atomic E-state index is 0. The first-order valence-electron chi connectivity index (χ1n) is 8.20. The molecule has 1 unspecified atom stereocenters. The van der Waals surface area contributed by atoms with Crippen molar-refractivity contribution in [3.63, 3.8) is 0 Å². The highest BCUT2D eigenvalue weighted by atomic mass is 127. The fourth-order valence-corrected chi connectivity index (χ4v) is 3.11. The minimum atomic E-state index is -0.236. The van der Waals surface area contributed by atoms with Gasteiger partial charge in [0, 0.05) is 31.6 Å². The predicted molar refractivity (Wildman–Crippen MR) is 112 cm³/mol. The molecule has 1 amide bonds. The van der Waals surface area contributed by atoms with E-state index < -0.39 is 0 Å². The normalized spacial score (nSPS) is 17.6. The van der Waals surface area contributed by atoms with Gasteiger partial charge in [0.05, 0.1) is 6.54 Å². The first-order chi connectivity index (χ1) is 11.6. The number of primary amides is 1. The second-order valence-electron chi connectivity index (χ2n) is 5.90. The van der Waals surface area contributed by atoms with Gasteiger partial charge in [-0.25, -0.2) is 0 Å². The number of nitrogens with two attached hydrogens (primary N) is 1. The summed E-state index contributed by atoms with van der Waals surface area (Å²) in [4.78, 5) is 17.6. The van der Waals surface area contributed by atoms with Crippen LogP contribution in [0.5, 0.6) is 5.75 Å². The molecule has 25 heavy (non-hydrogen) atoms. The number of amides is 1. The fourth-order valence-electron chi connectivity index (χ4n) is 2.93. The third-order valence-electron chi connectivity index (χ3n) is 3.97. The van der Waals surface area contributed by atoms with Crippen LogP contribution in [-0.2, 0) is 4.79 Å². The summed E-state index contributed by atoms with van der Waals surface area (Å²) in [7, 11) is 1.76. The Morgan fingerprint density at radius 3 is 3.00 bits per heavy atom. The van der Waals surface area contributed by atoms with E-state index >= 15 is 0 Å². The highest BCUT2D eigenvalue weighted by Crippen LogP contribution is 2.19. The smallest absolute Gasteiger partial charge is 0.217 e. The maximum absolute atomic E-state index is 11.1. The zero-order chi connectivity index (χ0) is 17.4. The van der Waals surface area contributed by atoms with Gasteiger partial charge in [-0.2, -0.15) is 0 Å². The SMILES string of the molecule is CN=C(NCCOc1cccc(Cl)c1)N1CCCC(CC(N)=O)C1.I. The van der Waals surface area contributed by atoms with Crippen molar-refractivity contribution in [2.45, 2.75) is 19.3 Å². The molecule has 1 aliphatic heterocycles. The van der Waals surface area contributed by atoms with Crippen molar-refractivity contribution in [1.82, 2.24) is 10.2 Å². The molecule has 1 fully saturated rings. The van der Waals surface area contributed by atoms with Gasteiger partial charge in [-0.1, -0.05) is 17.7 Å². The Kier molecular flexibility index (Phi) is 9.96. The van der Waals surface area contributed by atoms with E-state index in [2.05, 4.69) is 15.2 Å². The summed E-state index contributed by atoms with van der Waals surface area (Å²) in [5.41, 5.74) is 5.31. The maximum atomic E-state index is 11.1. The zero-order valence-electron chi connectivity index (χ0n) is 14.4. The Balaban J connectivity index is 0.00000312. The number of hydrogen-bond acceptors (Lipinski definition) is 3. The molecule has 1 heterocycles. The van der Waals surface area contributed by atoms with Gasteiger partial charge < -0.3 is 20.7 Å². The second kappa shape index (κ2) is 11.4. The van der Waals surface area contributed by atoms with Gasteiger partial charge in [0.15, 0.2) is 5.96 Å². The Hall–Kier alpha value is -1.22. The van der Waals surface area contributed by atoms with Crippen molar-refractivity contribution >= 4 is 47.4 Å². The number of nitrogens with one attached hydrogen (secondary N) is 1. The highest BCUT2D eigenvalue weighted by Gasteiger charge is 2.23. The van der Waals surface area contributed by atoms with Gasteiger partial charge in [-0.05, 0) is 37.0 Å². The van der Waals surface area contributed by atoms with E-state index in [1.807, 2.05) is 18.2 Å². The molecule has 1 aliphatic rings. The molecule has 0 bridgehead atoms. The number of aliphatic imine (C=N–C) groups is 1. The Labute approximate surface area is 171 Å². The number of carbonyl (C=O) groups is 1. The van der Waals surface area contributed by atoms with E-state index in [-0.39, 0.29) is 29.9 Å². The molecule has 0 radical (unpaired) electrons. The molecular weight excluding hydrogens is 455 g/mol. The summed E-state index contributed by atoms with van der Waals surface area (Å²) in [6, 6.07) is 7.33. The number of guanidine groups is 1. The van der Waals surface area contributed by atoms with Gasteiger partial charge in [-0.3, -0.25) is 9.79 Å². The summed E-state index contributed by atoms with van der Waals surface area (Å²) in [5.74, 6) is 1.65. The molecular formula is C17H26ClIN4O2. The van der Waals surface area contributed by atoms with Crippen molar-refractivity contribution in [2.75, 3.05) is 33.3 Å². The van der Waals surface area contributed by atoms with E-state index in [9.17, 15) is 4.79 Å². The zero-order valence-corrected chi connectivity index (χ0v) is 17.5. The van der Waals surface area contributed by atoms with Crippen molar-refractivity contribution < 1.29 is 9.53 Å². The first kappa shape index (κ1) is 21.8. The monoisotopic (exact) mass is 480 g/mol. The van der Waals surface area contributed by atoms with Crippen molar-refractivity contribution in [2.24, 2.45) is 16.6 Å². The second-order valence-corrected chi connectivity index (χ2v) is 6.34. The van der Waals surface area contributed by atoms with Crippen LogP contribution in [-0.4, -0.2) is 50.1 Å². The summed E-state index contributed by atoms with van der Waals surface area (Å²) in [6.45, 7) is 2.88. The number of halogens is 2. The molecule has 140 valence electrons. The third kappa shape index (κ3) is 7.68. The molecule has 0 aliphatic carbocycles. The maximum Gasteiger partial charge on any atom is 0.217 e. The fraction of sp³-hybridized carbons (Fsp3) is 0.529. The van der Waals surface area contributed by atoms with Gasteiger partial charge in [0.25, 0.3) is 0 Å². The van der Waals surface area contributed by atoms with Crippen LogP contribution in [0.25, 0.3) is 0 Å². The molecule has 1 aromatic rings. The van der Waals surface area contributed by atoms with E-state index in [1.165, 1.54) is 0 Å². The molecule has 0 aromatic heterocycles. The predicted octanol–water partition coefficient (Wildman–Crippen LogP) is 2.50. The molecule has 0 spiro atoms. The summed E-state index contributed by atoms with van der Waals surface area (Å²) < 4.78 is 5.66. The van der Waals surface area contributed by atoms with Gasteiger partial charge in [-0.15, -0.1) is 24.0 Å². The van der Waals surface area contributed by atoms with Gasteiger partial charge in [0.2, 0.25) is 5.91 Å². The number of piperidine rings is 1. The van der Waals surface area contributed by atoms with Crippen molar-refractivity contribution in [3.8, 4) is 5.75 Å². The summed E-state index contributed by atoms with van der Waals surface area (Å²) in [6.07, 6.45) is 2.51. The van der Waals surface area contributed by atoms with Crippen molar-refractivity contribution in [3.05, 3.63) is 29.3 Å². The van der Waals surface area contributed by atoms with Crippen LogP contribution in [0.3, 0.4) is 0 Å². The quantitative estimate of drug-likeness (QED) is 0.284. The van der Waals surface area contributed by atoms with Crippen LogP contribution in [0.4, 0.5) is 0 Å². The largest absolute Gasteiger partial charge is 0.492 e. The van der Waals surface area contributed by atoms with Crippen LogP contribution >= 0.6 is 35.6 Å². The van der Waals surface area contributed by atoms with Gasteiger partial charge in [0.1, 0.15) is 12.4 Å². The van der Waals surface area contributed by atoms with E-state index in [0.717, 1.165) is 37.6 Å². The molecule has 8 heteroatoms. The number of carbonyl (C=O) groups excluding carboxylic acids is 1. The highest BCUT2D eigenvalue weighted by molar-refractivity contribution is 14.0. The Bertz CT molecular complexity index is 586. The number of benzene rings is 1. The average Bonchev–Trinajstić information content (AvgIpc) is 2.54. The van der Waals surface area contributed by atoms with Crippen LogP contribution in [0.2, 0.25) is 5.02 Å². The molecule has 1 atom stereocenters. The van der Waals surface area contributed by atoms with E-state index in [0.29, 0.717) is 30.5 Å². The molecule has 1 saturated heterocycles. The molecule has 1 aromatic carbocycles. The lowest BCUT2D eigenvalue weighted by molar-refractivity contribution is -0.119. The number of hydrogen-bond donors (Lipinski definition) is 2. The average molecular weight is 481 g/mol. The van der Waals surface area contributed by atoms with Crippen molar-refractivity contribution in [1.29, 1.82) is 0 Å². The summed E-state index contributed by atoms with van der Waals surface area (Å²) in [5, 5.41) is 3.96. The number of nitrogens with zero attached hydrogens (tertiary/aromatic N) is 2. The lowest BCUT2D eigenvalue weighted by Crippen LogP contribution is -2.48. The summed E-state index contributed by atoms with van der Waals surface area (Å²) >= 11 is 5.93. The number of likely N-dealkylation sites (tertiary alicyclic amines) is 1. The first-order valence-corrected chi connectivity index (χ1v) is 8.58. The Morgan fingerprint density at radius 1 is 1.52 bits per heavy atom. The molecule has 0 saturated carbocycles. The molecule has 6 nitrogen and oxygen atoms in total.